The van der Waals surface area contributed by atoms with Crippen LogP contribution in [0.15, 0.2) is 91.3 Å². The maximum absolute atomic E-state index is 12.3. The number of nitro groups is 1. The summed E-state index contributed by atoms with van der Waals surface area (Å²) in [5, 5.41) is 20.6. The molecule has 0 amide bonds. The quantitative estimate of drug-likeness (QED) is 0.258. The number of hydrogen-bond donors (Lipinski definition) is 0. The number of anilines is 1. The molecule has 37 heavy (non-hydrogen) atoms. The van der Waals surface area contributed by atoms with Gasteiger partial charge < -0.3 is 4.90 Å². The van der Waals surface area contributed by atoms with E-state index >= 15 is 0 Å². The number of rotatable bonds is 6. The van der Waals surface area contributed by atoms with Crippen LogP contribution in [0.3, 0.4) is 0 Å². The number of hydrogen-bond acceptors (Lipinski definition) is 8. The fourth-order valence-corrected chi connectivity index (χ4v) is 5.01. The van der Waals surface area contributed by atoms with E-state index in [2.05, 4.69) is 73.7 Å². The highest BCUT2D eigenvalue weighted by molar-refractivity contribution is 5.78. The molecule has 0 unspecified atom stereocenters. The van der Waals surface area contributed by atoms with Crippen LogP contribution in [0.5, 0.6) is 0 Å². The Balaban J connectivity index is 1.31. The third kappa shape index (κ3) is 4.27. The van der Waals surface area contributed by atoms with Gasteiger partial charge in [-0.3, -0.25) is 15.0 Å². The minimum atomic E-state index is -0.426. The van der Waals surface area contributed by atoms with Crippen molar-refractivity contribution in [2.75, 3.05) is 31.1 Å². The van der Waals surface area contributed by atoms with E-state index in [1.165, 1.54) is 22.1 Å². The minimum absolute atomic E-state index is 0.0991. The standard InChI is InChI=1S/C27H24N8O2/c36-35(37)25-26(28-19-29-27(25)34-23-14-8-7-13-22(23)30-31-34)33-17-15-32(16-18-33)24(20-9-3-1-4-10-20)21-11-5-2-6-12-21/h1-14,19,24H,15-18H2. The fraction of sp³-hybridized carbons (Fsp3) is 0.185. The molecule has 2 aromatic heterocycles. The van der Waals surface area contributed by atoms with E-state index in [1.807, 2.05) is 41.3 Å². The summed E-state index contributed by atoms with van der Waals surface area (Å²) in [6.07, 6.45) is 1.36. The molecule has 1 saturated heterocycles. The lowest BCUT2D eigenvalue weighted by atomic mass is 9.96. The van der Waals surface area contributed by atoms with E-state index in [0.717, 1.165) is 13.1 Å². The van der Waals surface area contributed by atoms with Crippen molar-refractivity contribution in [2.45, 2.75) is 6.04 Å². The van der Waals surface area contributed by atoms with Gasteiger partial charge in [0, 0.05) is 26.2 Å². The molecule has 3 heterocycles. The SMILES string of the molecule is O=[N+]([O-])c1c(N2CCN(C(c3ccccc3)c3ccccc3)CC2)ncnc1-n1nnc2ccccc21. The lowest BCUT2D eigenvalue weighted by Crippen LogP contribution is -2.48. The number of fused-ring (bicyclic) bond motifs is 1. The van der Waals surface area contributed by atoms with E-state index < -0.39 is 4.92 Å². The van der Waals surface area contributed by atoms with Gasteiger partial charge in [-0.05, 0) is 23.3 Å². The normalized spacial score (nSPS) is 14.4. The van der Waals surface area contributed by atoms with Crippen molar-refractivity contribution in [3.05, 3.63) is 112 Å². The molecule has 0 bridgehead atoms. The molecule has 10 heteroatoms. The third-order valence-corrected chi connectivity index (χ3v) is 6.73. The predicted molar refractivity (Wildman–Crippen MR) is 140 cm³/mol. The molecule has 3 aromatic carbocycles. The molecule has 0 N–H and O–H groups in total. The lowest BCUT2D eigenvalue weighted by molar-refractivity contribution is -0.384. The molecule has 0 atom stereocenters. The zero-order chi connectivity index (χ0) is 25.2. The van der Waals surface area contributed by atoms with Gasteiger partial charge >= 0.3 is 5.69 Å². The predicted octanol–water partition coefficient (Wildman–Crippen LogP) is 4.03. The highest BCUT2D eigenvalue weighted by Gasteiger charge is 2.33. The van der Waals surface area contributed by atoms with Crippen LogP contribution in [0, 0.1) is 10.1 Å². The second-order valence-corrected chi connectivity index (χ2v) is 8.86. The van der Waals surface area contributed by atoms with Gasteiger partial charge in [0.1, 0.15) is 11.8 Å². The van der Waals surface area contributed by atoms with Crippen LogP contribution in [-0.4, -0.2) is 61.0 Å². The molecule has 0 aliphatic carbocycles. The van der Waals surface area contributed by atoms with E-state index in [4.69, 9.17) is 0 Å². The molecule has 0 saturated carbocycles. The maximum atomic E-state index is 12.3. The molecule has 1 aliphatic heterocycles. The van der Waals surface area contributed by atoms with Crippen LogP contribution >= 0.6 is 0 Å². The first kappa shape index (κ1) is 22.7. The second-order valence-electron chi connectivity index (χ2n) is 8.86. The van der Waals surface area contributed by atoms with Gasteiger partial charge in [0.15, 0.2) is 0 Å². The van der Waals surface area contributed by atoms with Crippen LogP contribution in [0.1, 0.15) is 17.2 Å². The summed E-state index contributed by atoms with van der Waals surface area (Å²) in [6.45, 7) is 2.62. The minimum Gasteiger partial charge on any atom is -0.348 e. The Morgan fingerprint density at radius 1 is 0.757 bits per heavy atom. The number of para-hydroxylation sites is 1. The first-order valence-electron chi connectivity index (χ1n) is 12.1. The maximum Gasteiger partial charge on any atom is 0.355 e. The Bertz CT molecular complexity index is 1490. The smallest absolute Gasteiger partial charge is 0.348 e. The van der Waals surface area contributed by atoms with Crippen molar-refractivity contribution in [1.29, 1.82) is 0 Å². The average Bonchev–Trinajstić information content (AvgIpc) is 3.38. The van der Waals surface area contributed by atoms with Gasteiger partial charge in [-0.1, -0.05) is 78.0 Å². The third-order valence-electron chi connectivity index (χ3n) is 6.73. The van der Waals surface area contributed by atoms with Gasteiger partial charge in [-0.25, -0.2) is 9.97 Å². The number of piperazine rings is 1. The molecule has 0 radical (unpaired) electrons. The summed E-state index contributed by atoms with van der Waals surface area (Å²) in [4.78, 5) is 24.8. The van der Waals surface area contributed by atoms with Gasteiger partial charge in [-0.2, -0.15) is 4.68 Å². The van der Waals surface area contributed by atoms with E-state index in [1.54, 1.807) is 0 Å². The monoisotopic (exact) mass is 492 g/mol. The highest BCUT2D eigenvalue weighted by atomic mass is 16.6. The highest BCUT2D eigenvalue weighted by Crippen LogP contribution is 2.34. The Morgan fingerprint density at radius 2 is 1.35 bits per heavy atom. The molecule has 0 spiro atoms. The zero-order valence-electron chi connectivity index (χ0n) is 20.0. The average molecular weight is 493 g/mol. The first-order valence-corrected chi connectivity index (χ1v) is 12.1. The summed E-state index contributed by atoms with van der Waals surface area (Å²) in [5.41, 5.74) is 3.55. The second kappa shape index (κ2) is 9.75. The van der Waals surface area contributed by atoms with Gasteiger partial charge in [0.2, 0.25) is 11.6 Å². The Hall–Kier alpha value is -4.70. The topological polar surface area (TPSA) is 106 Å². The van der Waals surface area contributed by atoms with Gasteiger partial charge in [0.05, 0.1) is 16.5 Å². The molecule has 6 rings (SSSR count). The number of benzene rings is 3. The Kier molecular flexibility index (Phi) is 5.99. The first-order chi connectivity index (χ1) is 18.2. The van der Waals surface area contributed by atoms with Crippen LogP contribution < -0.4 is 4.90 Å². The largest absolute Gasteiger partial charge is 0.355 e. The molecular formula is C27H24N8O2. The lowest BCUT2D eigenvalue weighted by Gasteiger charge is -2.40. The molecule has 1 fully saturated rings. The molecule has 1 aliphatic rings. The van der Waals surface area contributed by atoms with Crippen molar-refractivity contribution >= 4 is 22.5 Å². The molecular weight excluding hydrogens is 468 g/mol. The summed E-state index contributed by atoms with van der Waals surface area (Å²) in [7, 11) is 0. The van der Waals surface area contributed by atoms with Crippen molar-refractivity contribution in [2.24, 2.45) is 0 Å². The van der Waals surface area contributed by atoms with Crippen molar-refractivity contribution in [3.8, 4) is 5.82 Å². The fourth-order valence-electron chi connectivity index (χ4n) is 5.01. The molecule has 5 aromatic rings. The summed E-state index contributed by atoms with van der Waals surface area (Å²) < 4.78 is 1.41. The number of nitrogens with zero attached hydrogens (tertiary/aromatic N) is 8. The van der Waals surface area contributed by atoms with Crippen LogP contribution in [0.25, 0.3) is 16.9 Å². The van der Waals surface area contributed by atoms with E-state index in [0.29, 0.717) is 29.9 Å². The van der Waals surface area contributed by atoms with Crippen LogP contribution in [-0.2, 0) is 0 Å². The van der Waals surface area contributed by atoms with Crippen molar-refractivity contribution in [3.63, 3.8) is 0 Å². The number of aromatic nitrogens is 5. The summed E-state index contributed by atoms with van der Waals surface area (Å²) >= 11 is 0. The van der Waals surface area contributed by atoms with Gasteiger partial charge in [0.25, 0.3) is 0 Å². The Labute approximate surface area is 213 Å². The Morgan fingerprint density at radius 3 is 2.00 bits per heavy atom. The van der Waals surface area contributed by atoms with E-state index in [9.17, 15) is 10.1 Å². The van der Waals surface area contributed by atoms with E-state index in [-0.39, 0.29) is 17.5 Å². The zero-order valence-corrected chi connectivity index (χ0v) is 20.0. The van der Waals surface area contributed by atoms with Crippen LogP contribution in [0.4, 0.5) is 11.5 Å². The van der Waals surface area contributed by atoms with Crippen molar-refractivity contribution < 1.29 is 4.92 Å². The van der Waals surface area contributed by atoms with Gasteiger partial charge in [-0.15, -0.1) is 5.10 Å². The van der Waals surface area contributed by atoms with Crippen molar-refractivity contribution in [1.82, 2.24) is 29.9 Å². The summed E-state index contributed by atoms with van der Waals surface area (Å²) in [5.74, 6) is 0.405. The molecule has 184 valence electrons. The molecule has 10 nitrogen and oxygen atoms in total. The summed E-state index contributed by atoms with van der Waals surface area (Å²) in [6, 6.07) is 28.3. The van der Waals surface area contributed by atoms with Crippen LogP contribution in [0.2, 0.25) is 0 Å².